The van der Waals surface area contributed by atoms with Crippen LogP contribution < -0.4 is 0 Å². The summed E-state index contributed by atoms with van der Waals surface area (Å²) in [6.45, 7) is 24.7. The van der Waals surface area contributed by atoms with E-state index in [4.69, 9.17) is 61.6 Å². The molecule has 0 radical (unpaired) electrons. The molecular formula is C42H86O14. The van der Waals surface area contributed by atoms with Gasteiger partial charge in [0.2, 0.25) is 0 Å². The first-order valence-corrected chi connectivity index (χ1v) is 21.6. The Hall–Kier alpha value is -0.560. The standard InChI is InChI=1S/C42H86O14/c1-8-9-10-11-12-13-14-15-16-44-17-18-45-19-20-46-21-22-47-23-24-48-25-26-49-27-28-50-29-30-51-32-38(3)53-34-40(5)55-36-42(7)56-35-41(6)54-33-39(4)52-31-37(2)43/h37-43H,8-36H2,1-7H3. The summed E-state index contributed by atoms with van der Waals surface area (Å²) < 4.78 is 73.4. The number of aliphatic hydroxyl groups is 1. The lowest BCUT2D eigenvalue weighted by atomic mass is 10.1. The van der Waals surface area contributed by atoms with Gasteiger partial charge in [0, 0.05) is 6.61 Å². The smallest absolute Gasteiger partial charge is 0.0781 e. The van der Waals surface area contributed by atoms with Gasteiger partial charge in [-0.15, -0.1) is 0 Å². The van der Waals surface area contributed by atoms with Gasteiger partial charge in [-0.1, -0.05) is 51.9 Å². The van der Waals surface area contributed by atoms with Crippen molar-refractivity contribution in [2.75, 3.05) is 139 Å². The van der Waals surface area contributed by atoms with Crippen LogP contribution in [-0.2, 0) is 61.6 Å². The van der Waals surface area contributed by atoms with Crippen LogP contribution in [0.1, 0.15) is 99.8 Å². The minimum Gasteiger partial charge on any atom is -0.391 e. The Morgan fingerprint density at radius 2 is 0.536 bits per heavy atom. The van der Waals surface area contributed by atoms with Crippen molar-refractivity contribution in [3.63, 3.8) is 0 Å². The van der Waals surface area contributed by atoms with Crippen LogP contribution in [0.3, 0.4) is 0 Å². The second-order valence-electron chi connectivity index (χ2n) is 14.4. The van der Waals surface area contributed by atoms with Crippen LogP contribution in [0.5, 0.6) is 0 Å². The average molecular weight is 815 g/mol. The Bertz CT molecular complexity index is 752. The van der Waals surface area contributed by atoms with Crippen LogP contribution in [0.15, 0.2) is 0 Å². The molecule has 0 spiro atoms. The van der Waals surface area contributed by atoms with E-state index in [0.29, 0.717) is 132 Å². The summed E-state index contributed by atoms with van der Waals surface area (Å²) in [6, 6.07) is 0. The van der Waals surface area contributed by atoms with Gasteiger partial charge in [0.1, 0.15) is 0 Å². The van der Waals surface area contributed by atoms with E-state index >= 15 is 0 Å². The summed E-state index contributed by atoms with van der Waals surface area (Å²) in [7, 11) is 0. The molecule has 14 heteroatoms. The highest BCUT2D eigenvalue weighted by Crippen LogP contribution is 2.08. The van der Waals surface area contributed by atoms with Gasteiger partial charge < -0.3 is 66.7 Å². The zero-order valence-corrected chi connectivity index (χ0v) is 36.7. The first-order chi connectivity index (χ1) is 27.2. The third kappa shape index (κ3) is 44.5. The van der Waals surface area contributed by atoms with E-state index in [1.807, 2.05) is 34.6 Å². The van der Waals surface area contributed by atoms with Crippen molar-refractivity contribution < 1.29 is 66.7 Å². The lowest BCUT2D eigenvalue weighted by Gasteiger charge is -2.22. The SMILES string of the molecule is CCCCCCCCCCOCCOCCOCCOCCOCCOCCOCCOCC(C)OCC(C)OCC(C)OCC(C)OCC(C)OCC(C)O. The van der Waals surface area contributed by atoms with Crippen molar-refractivity contribution >= 4 is 0 Å². The van der Waals surface area contributed by atoms with Gasteiger partial charge in [-0.05, 0) is 48.0 Å². The van der Waals surface area contributed by atoms with Gasteiger partial charge in [-0.25, -0.2) is 0 Å². The fourth-order valence-electron chi connectivity index (χ4n) is 4.87. The zero-order valence-electron chi connectivity index (χ0n) is 36.7. The van der Waals surface area contributed by atoms with E-state index < -0.39 is 6.10 Å². The van der Waals surface area contributed by atoms with Gasteiger partial charge in [-0.2, -0.15) is 0 Å². The minimum absolute atomic E-state index is 0.0586. The zero-order chi connectivity index (χ0) is 41.2. The lowest BCUT2D eigenvalue weighted by Crippen LogP contribution is -2.29. The Morgan fingerprint density at radius 1 is 0.286 bits per heavy atom. The number of hydrogen-bond acceptors (Lipinski definition) is 14. The summed E-state index contributed by atoms with van der Waals surface area (Å²) >= 11 is 0. The number of aliphatic hydroxyl groups excluding tert-OH is 1. The van der Waals surface area contributed by atoms with E-state index in [0.717, 1.165) is 13.0 Å². The molecule has 0 rings (SSSR count). The maximum Gasteiger partial charge on any atom is 0.0781 e. The molecule has 0 fully saturated rings. The van der Waals surface area contributed by atoms with E-state index in [2.05, 4.69) is 6.92 Å². The molecule has 6 unspecified atom stereocenters. The second kappa shape index (κ2) is 44.0. The van der Waals surface area contributed by atoms with Gasteiger partial charge in [0.15, 0.2) is 0 Å². The van der Waals surface area contributed by atoms with Crippen molar-refractivity contribution in [3.05, 3.63) is 0 Å². The fourth-order valence-corrected chi connectivity index (χ4v) is 4.87. The normalized spacial score (nSPS) is 15.2. The fraction of sp³-hybridized carbons (Fsp3) is 1.00. The molecular weight excluding hydrogens is 728 g/mol. The van der Waals surface area contributed by atoms with Crippen molar-refractivity contribution in [1.29, 1.82) is 0 Å². The average Bonchev–Trinajstić information content (AvgIpc) is 3.18. The molecule has 0 saturated heterocycles. The van der Waals surface area contributed by atoms with E-state index in [-0.39, 0.29) is 30.5 Å². The molecule has 0 aliphatic rings. The summed E-state index contributed by atoms with van der Waals surface area (Å²) in [4.78, 5) is 0. The van der Waals surface area contributed by atoms with Crippen LogP contribution in [-0.4, -0.2) is 180 Å². The highest BCUT2D eigenvalue weighted by molar-refractivity contribution is 4.58. The van der Waals surface area contributed by atoms with Crippen molar-refractivity contribution in [2.24, 2.45) is 0 Å². The highest BCUT2D eigenvalue weighted by Gasteiger charge is 2.13. The maximum atomic E-state index is 9.30. The van der Waals surface area contributed by atoms with Crippen LogP contribution in [0.25, 0.3) is 0 Å². The minimum atomic E-state index is -0.485. The van der Waals surface area contributed by atoms with Gasteiger partial charge in [-0.3, -0.25) is 0 Å². The highest BCUT2D eigenvalue weighted by atomic mass is 16.6. The predicted molar refractivity (Wildman–Crippen MR) is 218 cm³/mol. The molecule has 0 aliphatic carbocycles. The van der Waals surface area contributed by atoms with Crippen LogP contribution >= 0.6 is 0 Å². The quantitative estimate of drug-likeness (QED) is 0.0756. The van der Waals surface area contributed by atoms with E-state index in [1.54, 1.807) is 6.92 Å². The predicted octanol–water partition coefficient (Wildman–Crippen LogP) is 5.67. The number of unbranched alkanes of at least 4 members (excludes halogenated alkanes) is 7. The molecule has 0 aromatic carbocycles. The van der Waals surface area contributed by atoms with Gasteiger partial charge in [0.25, 0.3) is 0 Å². The molecule has 0 saturated carbocycles. The maximum absolute atomic E-state index is 9.30. The first kappa shape index (κ1) is 55.4. The topological polar surface area (TPSA) is 140 Å². The number of hydrogen-bond donors (Lipinski definition) is 1. The molecule has 0 bridgehead atoms. The van der Waals surface area contributed by atoms with Crippen molar-refractivity contribution in [2.45, 2.75) is 136 Å². The molecule has 0 heterocycles. The van der Waals surface area contributed by atoms with E-state index in [1.165, 1.54) is 44.9 Å². The molecule has 0 amide bonds. The molecule has 6 atom stereocenters. The molecule has 1 N–H and O–H groups in total. The van der Waals surface area contributed by atoms with Crippen LogP contribution in [0.2, 0.25) is 0 Å². The van der Waals surface area contributed by atoms with Gasteiger partial charge in [0.05, 0.1) is 169 Å². The molecule has 0 aromatic rings. The Kier molecular flexibility index (Phi) is 43.6. The summed E-state index contributed by atoms with van der Waals surface area (Å²) in [5, 5.41) is 9.30. The summed E-state index contributed by atoms with van der Waals surface area (Å²) in [5.74, 6) is 0. The molecule has 338 valence electrons. The molecule has 0 aliphatic heterocycles. The first-order valence-electron chi connectivity index (χ1n) is 21.6. The summed E-state index contributed by atoms with van der Waals surface area (Å²) in [5.41, 5.74) is 0. The second-order valence-corrected chi connectivity index (χ2v) is 14.4. The molecule has 0 aromatic heterocycles. The Labute approximate surface area is 341 Å². The van der Waals surface area contributed by atoms with Gasteiger partial charge >= 0.3 is 0 Å². The number of rotatable bonds is 47. The van der Waals surface area contributed by atoms with Crippen LogP contribution in [0.4, 0.5) is 0 Å². The molecule has 56 heavy (non-hydrogen) atoms. The Morgan fingerprint density at radius 3 is 0.857 bits per heavy atom. The summed E-state index contributed by atoms with van der Waals surface area (Å²) in [6.07, 6.45) is 9.66. The monoisotopic (exact) mass is 815 g/mol. The number of ether oxygens (including phenoxy) is 13. The molecule has 14 nitrogen and oxygen atoms in total. The third-order valence-corrected chi connectivity index (χ3v) is 8.18. The lowest BCUT2D eigenvalue weighted by molar-refractivity contribution is -0.103. The van der Waals surface area contributed by atoms with Crippen LogP contribution in [0, 0.1) is 0 Å². The van der Waals surface area contributed by atoms with Crippen molar-refractivity contribution in [3.8, 4) is 0 Å². The van der Waals surface area contributed by atoms with Crippen molar-refractivity contribution in [1.82, 2.24) is 0 Å². The van der Waals surface area contributed by atoms with E-state index in [9.17, 15) is 5.11 Å². The Balaban J connectivity index is 3.34. The largest absolute Gasteiger partial charge is 0.391 e. The third-order valence-electron chi connectivity index (χ3n) is 8.18.